The molecule has 3 N–H and O–H groups in total. The number of hydrazone groups is 1. The van der Waals surface area contributed by atoms with E-state index in [1.54, 1.807) is 0 Å². The lowest BCUT2D eigenvalue weighted by Crippen LogP contribution is -2.36. The maximum Gasteiger partial charge on any atom is 0.352 e. The van der Waals surface area contributed by atoms with Gasteiger partial charge in [0.1, 0.15) is 5.71 Å². The topological polar surface area (TPSA) is 113 Å². The van der Waals surface area contributed by atoms with Gasteiger partial charge in [0, 0.05) is 19.3 Å². The normalized spacial score (nSPS) is 16.1. The SMILES string of the molecule is NC(=O)CCN1N=C(C(=O)O)CCC1=O. The highest BCUT2D eigenvalue weighted by Crippen LogP contribution is 2.09. The smallest absolute Gasteiger partial charge is 0.352 e. The Balaban J connectivity index is 2.67. The molecule has 1 aliphatic rings. The van der Waals surface area contributed by atoms with Crippen LogP contribution >= 0.6 is 0 Å². The first-order valence-corrected chi connectivity index (χ1v) is 4.40. The number of nitrogens with zero attached hydrogens (tertiary/aromatic N) is 2. The highest BCUT2D eigenvalue weighted by Gasteiger charge is 2.23. The number of amides is 2. The first-order chi connectivity index (χ1) is 7.00. The maximum absolute atomic E-state index is 11.2. The van der Waals surface area contributed by atoms with Crippen molar-refractivity contribution >= 4 is 23.5 Å². The zero-order chi connectivity index (χ0) is 11.4. The second-order valence-corrected chi connectivity index (χ2v) is 3.09. The van der Waals surface area contributed by atoms with E-state index in [1.165, 1.54) is 0 Å². The van der Waals surface area contributed by atoms with E-state index in [0.29, 0.717) is 0 Å². The molecular formula is C8H11N3O4. The summed E-state index contributed by atoms with van der Waals surface area (Å²) in [6.45, 7) is 0.0327. The summed E-state index contributed by atoms with van der Waals surface area (Å²) in [4.78, 5) is 32.3. The predicted molar refractivity (Wildman–Crippen MR) is 49.8 cm³/mol. The zero-order valence-electron chi connectivity index (χ0n) is 7.97. The monoisotopic (exact) mass is 213 g/mol. The standard InChI is InChI=1S/C8H11N3O4/c9-6(12)3-4-11-7(13)2-1-5(10-11)8(14)15/h1-4H2,(H2,9,12)(H,14,15). The van der Waals surface area contributed by atoms with E-state index in [2.05, 4.69) is 5.10 Å². The molecule has 0 radical (unpaired) electrons. The third-order valence-electron chi connectivity index (χ3n) is 1.92. The van der Waals surface area contributed by atoms with Crippen LogP contribution in [0.2, 0.25) is 0 Å². The molecule has 0 aromatic carbocycles. The number of hydrogen-bond acceptors (Lipinski definition) is 4. The predicted octanol–water partition coefficient (Wildman–Crippen LogP) is -1.08. The molecule has 1 aliphatic heterocycles. The molecule has 0 saturated heterocycles. The van der Waals surface area contributed by atoms with Crippen molar-refractivity contribution in [2.75, 3.05) is 6.54 Å². The molecule has 0 aromatic rings. The van der Waals surface area contributed by atoms with Gasteiger partial charge in [-0.25, -0.2) is 9.80 Å². The highest BCUT2D eigenvalue weighted by molar-refractivity contribution is 6.36. The number of carbonyl (C=O) groups excluding carboxylic acids is 2. The number of nitrogens with two attached hydrogens (primary N) is 1. The Morgan fingerprint density at radius 1 is 1.47 bits per heavy atom. The summed E-state index contributed by atoms with van der Waals surface area (Å²) >= 11 is 0. The number of rotatable bonds is 4. The second-order valence-electron chi connectivity index (χ2n) is 3.09. The molecule has 2 amide bonds. The van der Waals surface area contributed by atoms with Crippen LogP contribution in [0.3, 0.4) is 0 Å². The average Bonchev–Trinajstić information content (AvgIpc) is 2.16. The molecule has 0 aromatic heterocycles. The first-order valence-electron chi connectivity index (χ1n) is 4.40. The van der Waals surface area contributed by atoms with Crippen LogP contribution in [0, 0.1) is 0 Å². The van der Waals surface area contributed by atoms with E-state index in [-0.39, 0.29) is 37.4 Å². The van der Waals surface area contributed by atoms with Crippen molar-refractivity contribution in [3.63, 3.8) is 0 Å². The molecule has 15 heavy (non-hydrogen) atoms. The van der Waals surface area contributed by atoms with Crippen LogP contribution in [0.4, 0.5) is 0 Å². The minimum absolute atomic E-state index is 0.0257. The number of hydrogen-bond donors (Lipinski definition) is 2. The first kappa shape index (κ1) is 11.2. The molecule has 1 heterocycles. The summed E-state index contributed by atoms with van der Waals surface area (Å²) in [6, 6.07) is 0. The summed E-state index contributed by atoms with van der Waals surface area (Å²) in [5.41, 5.74) is 4.84. The van der Waals surface area contributed by atoms with Crippen molar-refractivity contribution in [3.8, 4) is 0 Å². The number of carboxylic acids is 1. The number of primary amides is 1. The summed E-state index contributed by atoms with van der Waals surface area (Å²) < 4.78 is 0. The molecule has 7 heteroatoms. The van der Waals surface area contributed by atoms with E-state index in [1.807, 2.05) is 0 Å². The summed E-state index contributed by atoms with van der Waals surface area (Å²) in [6.07, 6.45) is 0.202. The Labute approximate surface area is 85.5 Å². The second kappa shape index (κ2) is 4.54. The minimum Gasteiger partial charge on any atom is -0.477 e. The Bertz CT molecular complexity index is 337. The van der Waals surface area contributed by atoms with Gasteiger partial charge in [-0.2, -0.15) is 5.10 Å². The molecule has 0 unspecified atom stereocenters. The Kier molecular flexibility index (Phi) is 3.37. The van der Waals surface area contributed by atoms with Crippen LogP contribution < -0.4 is 5.73 Å². The van der Waals surface area contributed by atoms with Gasteiger partial charge < -0.3 is 10.8 Å². The molecule has 0 fully saturated rings. The van der Waals surface area contributed by atoms with Gasteiger partial charge in [-0.05, 0) is 0 Å². The fourth-order valence-corrected chi connectivity index (χ4v) is 1.15. The van der Waals surface area contributed by atoms with E-state index in [0.717, 1.165) is 5.01 Å². The van der Waals surface area contributed by atoms with Crippen LogP contribution in [-0.4, -0.2) is 40.2 Å². The molecule has 0 aliphatic carbocycles. The fraction of sp³-hybridized carbons (Fsp3) is 0.500. The fourth-order valence-electron chi connectivity index (χ4n) is 1.15. The van der Waals surface area contributed by atoms with Crippen molar-refractivity contribution in [3.05, 3.63) is 0 Å². The molecular weight excluding hydrogens is 202 g/mol. The van der Waals surface area contributed by atoms with Crippen LogP contribution in [0.25, 0.3) is 0 Å². The summed E-state index contributed by atoms with van der Waals surface area (Å²) in [5, 5.41) is 13.3. The maximum atomic E-state index is 11.2. The van der Waals surface area contributed by atoms with Crippen molar-refractivity contribution in [1.29, 1.82) is 0 Å². The summed E-state index contributed by atoms with van der Waals surface area (Å²) in [5.74, 6) is -1.99. The average molecular weight is 213 g/mol. The largest absolute Gasteiger partial charge is 0.477 e. The molecule has 1 rings (SSSR count). The minimum atomic E-state index is -1.15. The van der Waals surface area contributed by atoms with Crippen LogP contribution in [0.5, 0.6) is 0 Å². The zero-order valence-corrected chi connectivity index (χ0v) is 7.97. The van der Waals surface area contributed by atoms with Crippen molar-refractivity contribution in [2.24, 2.45) is 10.8 Å². The Morgan fingerprint density at radius 2 is 2.13 bits per heavy atom. The van der Waals surface area contributed by atoms with Gasteiger partial charge in [0.25, 0.3) is 0 Å². The van der Waals surface area contributed by atoms with Crippen LogP contribution in [0.15, 0.2) is 5.10 Å². The quantitative estimate of drug-likeness (QED) is 0.618. The van der Waals surface area contributed by atoms with Gasteiger partial charge >= 0.3 is 5.97 Å². The van der Waals surface area contributed by atoms with Gasteiger partial charge in [-0.3, -0.25) is 9.59 Å². The van der Waals surface area contributed by atoms with Crippen molar-refractivity contribution in [2.45, 2.75) is 19.3 Å². The molecule has 0 atom stereocenters. The van der Waals surface area contributed by atoms with E-state index < -0.39 is 11.9 Å². The summed E-state index contributed by atoms with van der Waals surface area (Å²) in [7, 11) is 0. The lowest BCUT2D eigenvalue weighted by Gasteiger charge is -2.21. The lowest BCUT2D eigenvalue weighted by atomic mass is 10.1. The van der Waals surface area contributed by atoms with Crippen LogP contribution in [-0.2, 0) is 14.4 Å². The molecule has 0 bridgehead atoms. The molecule has 0 spiro atoms. The van der Waals surface area contributed by atoms with E-state index in [4.69, 9.17) is 10.8 Å². The van der Waals surface area contributed by atoms with Crippen LogP contribution in [0.1, 0.15) is 19.3 Å². The molecule has 0 saturated carbocycles. The van der Waals surface area contributed by atoms with Gasteiger partial charge in [0.15, 0.2) is 0 Å². The lowest BCUT2D eigenvalue weighted by molar-refractivity contribution is -0.133. The van der Waals surface area contributed by atoms with E-state index >= 15 is 0 Å². The molecule has 7 nitrogen and oxygen atoms in total. The van der Waals surface area contributed by atoms with Gasteiger partial charge in [0.2, 0.25) is 11.8 Å². The van der Waals surface area contributed by atoms with Gasteiger partial charge in [0.05, 0.1) is 6.54 Å². The third kappa shape index (κ3) is 3.04. The van der Waals surface area contributed by atoms with Gasteiger partial charge in [-0.15, -0.1) is 0 Å². The Morgan fingerprint density at radius 3 is 2.67 bits per heavy atom. The van der Waals surface area contributed by atoms with Crippen molar-refractivity contribution in [1.82, 2.24) is 5.01 Å². The van der Waals surface area contributed by atoms with E-state index in [9.17, 15) is 14.4 Å². The number of carboxylic acid groups (broad SMARTS) is 1. The Hall–Kier alpha value is -1.92. The van der Waals surface area contributed by atoms with Crippen molar-refractivity contribution < 1.29 is 19.5 Å². The molecule has 82 valence electrons. The third-order valence-corrected chi connectivity index (χ3v) is 1.92. The number of aliphatic carboxylic acids is 1. The highest BCUT2D eigenvalue weighted by atomic mass is 16.4. The number of carbonyl (C=O) groups is 3. The van der Waals surface area contributed by atoms with Gasteiger partial charge in [-0.1, -0.05) is 0 Å².